The van der Waals surface area contributed by atoms with E-state index < -0.39 is 0 Å². The molecular formula is C18H26N4O2S. The minimum Gasteiger partial charge on any atom is -0.493 e. The van der Waals surface area contributed by atoms with Crippen LogP contribution in [-0.2, 0) is 13.0 Å². The van der Waals surface area contributed by atoms with Crippen LogP contribution in [0, 0.1) is 6.92 Å². The summed E-state index contributed by atoms with van der Waals surface area (Å²) in [4.78, 5) is 9.12. The van der Waals surface area contributed by atoms with Crippen molar-refractivity contribution in [3.63, 3.8) is 0 Å². The van der Waals surface area contributed by atoms with Gasteiger partial charge in [0.05, 0.1) is 31.5 Å². The zero-order valence-corrected chi connectivity index (χ0v) is 16.1. The quantitative estimate of drug-likeness (QED) is 0.558. The number of guanidine groups is 1. The van der Waals surface area contributed by atoms with Crippen molar-refractivity contribution in [2.45, 2.75) is 26.8 Å². The van der Waals surface area contributed by atoms with Crippen molar-refractivity contribution >= 4 is 17.3 Å². The van der Waals surface area contributed by atoms with Crippen LogP contribution in [0.4, 0.5) is 0 Å². The van der Waals surface area contributed by atoms with Crippen molar-refractivity contribution in [3.05, 3.63) is 39.8 Å². The number of rotatable bonds is 8. The normalized spacial score (nSPS) is 11.3. The first-order valence-corrected chi connectivity index (χ1v) is 9.19. The Morgan fingerprint density at radius 2 is 2.08 bits per heavy atom. The molecule has 136 valence electrons. The number of nitrogens with zero attached hydrogens (tertiary/aromatic N) is 2. The minimum absolute atomic E-state index is 0.505. The third kappa shape index (κ3) is 5.63. The van der Waals surface area contributed by atoms with Gasteiger partial charge in [0, 0.05) is 30.5 Å². The molecular weight excluding hydrogens is 336 g/mol. The van der Waals surface area contributed by atoms with E-state index in [0.717, 1.165) is 47.5 Å². The van der Waals surface area contributed by atoms with Crippen LogP contribution in [0.1, 0.15) is 23.2 Å². The molecule has 0 aliphatic heterocycles. The van der Waals surface area contributed by atoms with E-state index >= 15 is 0 Å². The highest BCUT2D eigenvalue weighted by Gasteiger charge is 2.09. The Balaban J connectivity index is 1.99. The molecule has 0 atom stereocenters. The van der Waals surface area contributed by atoms with Gasteiger partial charge in [0.1, 0.15) is 0 Å². The Bertz CT molecular complexity index is 700. The van der Waals surface area contributed by atoms with Crippen molar-refractivity contribution in [2.75, 3.05) is 27.3 Å². The molecule has 0 saturated heterocycles. The molecule has 25 heavy (non-hydrogen) atoms. The van der Waals surface area contributed by atoms with Crippen LogP contribution < -0.4 is 20.1 Å². The van der Waals surface area contributed by atoms with Gasteiger partial charge in [0.2, 0.25) is 0 Å². The fourth-order valence-corrected chi connectivity index (χ4v) is 3.06. The number of para-hydroxylation sites is 1. The smallest absolute Gasteiger partial charge is 0.191 e. The largest absolute Gasteiger partial charge is 0.493 e. The summed E-state index contributed by atoms with van der Waals surface area (Å²) in [7, 11) is 3.28. The van der Waals surface area contributed by atoms with Crippen LogP contribution in [0.5, 0.6) is 11.5 Å². The molecule has 0 aliphatic rings. The Kier molecular flexibility index (Phi) is 7.53. The highest BCUT2D eigenvalue weighted by molar-refractivity contribution is 7.09. The second-order valence-corrected chi connectivity index (χ2v) is 6.44. The molecule has 0 amide bonds. The van der Waals surface area contributed by atoms with Gasteiger partial charge in [-0.2, -0.15) is 0 Å². The predicted octanol–water partition coefficient (Wildman–Crippen LogP) is 2.77. The number of aliphatic imine (C=N–C) groups is 1. The van der Waals surface area contributed by atoms with E-state index in [-0.39, 0.29) is 0 Å². The van der Waals surface area contributed by atoms with Crippen LogP contribution in [0.15, 0.2) is 28.6 Å². The van der Waals surface area contributed by atoms with Gasteiger partial charge in [-0.1, -0.05) is 12.1 Å². The maximum Gasteiger partial charge on any atom is 0.191 e. The first-order valence-electron chi connectivity index (χ1n) is 8.31. The van der Waals surface area contributed by atoms with Crippen LogP contribution in [0.2, 0.25) is 0 Å². The summed E-state index contributed by atoms with van der Waals surface area (Å²) in [5, 5.41) is 9.80. The fourth-order valence-electron chi connectivity index (χ4n) is 2.42. The van der Waals surface area contributed by atoms with E-state index in [1.165, 1.54) is 0 Å². The fraction of sp³-hybridized carbons (Fsp3) is 0.444. The van der Waals surface area contributed by atoms with E-state index in [0.29, 0.717) is 12.3 Å². The second kappa shape index (κ2) is 9.88. The van der Waals surface area contributed by atoms with Crippen LogP contribution >= 0.6 is 11.3 Å². The molecule has 0 saturated carbocycles. The van der Waals surface area contributed by atoms with E-state index in [4.69, 9.17) is 9.47 Å². The summed E-state index contributed by atoms with van der Waals surface area (Å²) in [6.07, 6.45) is 0.872. The standard InChI is InChI=1S/C18H26N4O2S/c1-5-19-18(20-10-9-15-12-25-13(2)22-15)21-11-14-7-6-8-16(23-3)17(14)24-4/h6-8,12H,5,9-11H2,1-4H3,(H2,19,20,21). The first kappa shape index (κ1) is 19.1. The number of ether oxygens (including phenoxy) is 2. The summed E-state index contributed by atoms with van der Waals surface area (Å²) in [6.45, 7) is 6.16. The molecule has 2 aromatic rings. The third-order valence-electron chi connectivity index (χ3n) is 3.58. The van der Waals surface area contributed by atoms with Crippen molar-refractivity contribution in [1.29, 1.82) is 0 Å². The Morgan fingerprint density at radius 3 is 2.72 bits per heavy atom. The summed E-state index contributed by atoms with van der Waals surface area (Å²) >= 11 is 1.68. The van der Waals surface area contributed by atoms with Gasteiger partial charge in [-0.05, 0) is 19.9 Å². The number of benzene rings is 1. The summed E-state index contributed by atoms with van der Waals surface area (Å²) < 4.78 is 10.8. The molecule has 0 fully saturated rings. The van der Waals surface area contributed by atoms with E-state index in [1.807, 2.05) is 32.0 Å². The predicted molar refractivity (Wildman–Crippen MR) is 103 cm³/mol. The molecule has 1 aromatic heterocycles. The molecule has 1 aromatic carbocycles. The van der Waals surface area contributed by atoms with Gasteiger partial charge in [-0.25, -0.2) is 9.98 Å². The van der Waals surface area contributed by atoms with Crippen molar-refractivity contribution in [2.24, 2.45) is 4.99 Å². The maximum atomic E-state index is 5.46. The van der Waals surface area contributed by atoms with E-state index in [2.05, 4.69) is 26.0 Å². The van der Waals surface area contributed by atoms with Crippen molar-refractivity contribution in [3.8, 4) is 11.5 Å². The lowest BCUT2D eigenvalue weighted by Gasteiger charge is -2.13. The SMILES string of the molecule is CCNC(=NCc1cccc(OC)c1OC)NCCc1csc(C)n1. The van der Waals surface area contributed by atoms with Gasteiger partial charge >= 0.3 is 0 Å². The Hall–Kier alpha value is -2.28. The molecule has 0 spiro atoms. The topological polar surface area (TPSA) is 67.8 Å². The number of nitrogens with one attached hydrogen (secondary N) is 2. The zero-order chi connectivity index (χ0) is 18.1. The lowest BCUT2D eigenvalue weighted by Crippen LogP contribution is -2.38. The Labute approximate surface area is 153 Å². The Morgan fingerprint density at radius 1 is 1.24 bits per heavy atom. The van der Waals surface area contributed by atoms with Crippen LogP contribution in [0.25, 0.3) is 0 Å². The van der Waals surface area contributed by atoms with Crippen molar-refractivity contribution in [1.82, 2.24) is 15.6 Å². The van der Waals surface area contributed by atoms with Gasteiger partial charge in [0.15, 0.2) is 17.5 Å². The van der Waals surface area contributed by atoms with Crippen molar-refractivity contribution < 1.29 is 9.47 Å². The number of thiazole rings is 1. The molecule has 2 rings (SSSR count). The molecule has 0 bridgehead atoms. The summed E-state index contributed by atoms with van der Waals surface area (Å²) in [5.74, 6) is 2.22. The van der Waals surface area contributed by atoms with E-state index in [9.17, 15) is 0 Å². The zero-order valence-electron chi connectivity index (χ0n) is 15.3. The third-order valence-corrected chi connectivity index (χ3v) is 4.40. The minimum atomic E-state index is 0.505. The number of methoxy groups -OCH3 is 2. The molecule has 0 radical (unpaired) electrons. The first-order chi connectivity index (χ1) is 12.2. The average Bonchev–Trinajstić information content (AvgIpc) is 3.04. The van der Waals surface area contributed by atoms with Gasteiger partial charge in [-0.15, -0.1) is 11.3 Å². The van der Waals surface area contributed by atoms with Crippen LogP contribution in [-0.4, -0.2) is 38.3 Å². The van der Waals surface area contributed by atoms with Crippen LogP contribution in [0.3, 0.4) is 0 Å². The molecule has 2 N–H and O–H groups in total. The number of hydrogen-bond donors (Lipinski definition) is 2. The lowest BCUT2D eigenvalue weighted by molar-refractivity contribution is 0.352. The molecule has 1 heterocycles. The van der Waals surface area contributed by atoms with Gasteiger partial charge in [-0.3, -0.25) is 0 Å². The lowest BCUT2D eigenvalue weighted by atomic mass is 10.2. The highest BCUT2D eigenvalue weighted by atomic mass is 32.1. The maximum absolute atomic E-state index is 5.46. The van der Waals surface area contributed by atoms with Gasteiger partial charge < -0.3 is 20.1 Å². The molecule has 7 heteroatoms. The van der Waals surface area contributed by atoms with Gasteiger partial charge in [0.25, 0.3) is 0 Å². The summed E-state index contributed by atoms with van der Waals surface area (Å²) in [5.41, 5.74) is 2.09. The summed E-state index contributed by atoms with van der Waals surface area (Å²) in [6, 6.07) is 5.81. The van der Waals surface area contributed by atoms with E-state index in [1.54, 1.807) is 25.6 Å². The number of aromatic nitrogens is 1. The number of hydrogen-bond acceptors (Lipinski definition) is 5. The second-order valence-electron chi connectivity index (χ2n) is 5.38. The molecule has 0 aliphatic carbocycles. The average molecular weight is 362 g/mol. The molecule has 0 unspecified atom stereocenters. The molecule has 6 nitrogen and oxygen atoms in total. The number of aryl methyl sites for hydroxylation is 1. The monoisotopic (exact) mass is 362 g/mol. The highest BCUT2D eigenvalue weighted by Crippen LogP contribution is 2.30.